The van der Waals surface area contributed by atoms with E-state index in [-0.39, 0.29) is 12.0 Å². The Morgan fingerprint density at radius 2 is 1.96 bits per heavy atom. The Hall–Kier alpha value is -3.28. The molecular weight excluding hydrogens is 328 g/mol. The van der Waals surface area contributed by atoms with E-state index in [9.17, 15) is 4.79 Å². The lowest BCUT2D eigenvalue weighted by atomic mass is 10.2. The van der Waals surface area contributed by atoms with Crippen LogP contribution in [0.4, 0.5) is 11.4 Å². The van der Waals surface area contributed by atoms with Crippen molar-refractivity contribution in [3.05, 3.63) is 72.6 Å². The molecule has 0 saturated heterocycles. The number of benzene rings is 2. The Kier molecular flexibility index (Phi) is 5.53. The molecule has 0 saturated carbocycles. The predicted octanol–water partition coefficient (Wildman–Crippen LogP) is 3.36. The molecule has 0 unspecified atom stereocenters. The van der Waals surface area contributed by atoms with E-state index in [1.807, 2.05) is 68.7 Å². The minimum absolute atomic E-state index is 0.127. The molecule has 0 aliphatic rings. The van der Waals surface area contributed by atoms with Crippen molar-refractivity contribution >= 4 is 17.3 Å². The second kappa shape index (κ2) is 8.20. The van der Waals surface area contributed by atoms with Crippen molar-refractivity contribution in [1.82, 2.24) is 15.1 Å². The van der Waals surface area contributed by atoms with Crippen molar-refractivity contribution in [1.29, 1.82) is 0 Å². The molecule has 6 heteroatoms. The van der Waals surface area contributed by atoms with E-state index < -0.39 is 0 Å². The lowest BCUT2D eigenvalue weighted by Gasteiger charge is -2.15. The Morgan fingerprint density at radius 1 is 1.15 bits per heavy atom. The van der Waals surface area contributed by atoms with Crippen LogP contribution in [0.3, 0.4) is 0 Å². The number of amides is 1. The third-order valence-corrected chi connectivity index (χ3v) is 3.75. The van der Waals surface area contributed by atoms with Crippen LogP contribution >= 0.6 is 0 Å². The number of carbonyl (C=O) groups is 1. The van der Waals surface area contributed by atoms with Gasteiger partial charge in [-0.15, -0.1) is 0 Å². The van der Waals surface area contributed by atoms with Crippen molar-refractivity contribution in [2.45, 2.75) is 13.0 Å². The highest BCUT2D eigenvalue weighted by Crippen LogP contribution is 2.17. The van der Waals surface area contributed by atoms with Crippen molar-refractivity contribution in [3.8, 4) is 5.75 Å². The van der Waals surface area contributed by atoms with Crippen molar-refractivity contribution < 1.29 is 9.53 Å². The number of hydrogen-bond acceptors (Lipinski definition) is 4. The van der Waals surface area contributed by atoms with E-state index >= 15 is 0 Å². The molecule has 134 valence electrons. The van der Waals surface area contributed by atoms with Gasteiger partial charge in [0, 0.05) is 24.5 Å². The monoisotopic (exact) mass is 350 g/mol. The van der Waals surface area contributed by atoms with Crippen LogP contribution in [0.1, 0.15) is 17.3 Å². The predicted molar refractivity (Wildman–Crippen MR) is 102 cm³/mol. The Bertz CT molecular complexity index is 861. The molecule has 2 N–H and O–H groups in total. The summed E-state index contributed by atoms with van der Waals surface area (Å²) in [5.74, 6) is 0.653. The highest BCUT2D eigenvalue weighted by Gasteiger charge is 2.10. The quantitative estimate of drug-likeness (QED) is 0.686. The van der Waals surface area contributed by atoms with E-state index in [0.717, 1.165) is 17.1 Å². The second-order valence-electron chi connectivity index (χ2n) is 6.06. The van der Waals surface area contributed by atoms with Gasteiger partial charge in [-0.25, -0.2) is 0 Å². The van der Waals surface area contributed by atoms with E-state index in [2.05, 4.69) is 15.7 Å². The van der Waals surface area contributed by atoms with Crippen LogP contribution in [0.25, 0.3) is 0 Å². The van der Waals surface area contributed by atoms with Crippen molar-refractivity contribution in [2.24, 2.45) is 7.05 Å². The second-order valence-corrected chi connectivity index (χ2v) is 6.06. The molecule has 1 heterocycles. The van der Waals surface area contributed by atoms with Gasteiger partial charge in [-0.3, -0.25) is 9.48 Å². The fraction of sp³-hybridized carbons (Fsp3) is 0.200. The molecule has 6 nitrogen and oxygen atoms in total. The molecule has 1 aromatic heterocycles. The fourth-order valence-electron chi connectivity index (χ4n) is 2.50. The fourth-order valence-corrected chi connectivity index (χ4v) is 2.50. The summed E-state index contributed by atoms with van der Waals surface area (Å²) in [5, 5.41) is 10.3. The first-order valence-corrected chi connectivity index (χ1v) is 8.46. The number of aryl methyl sites for hydroxylation is 1. The SMILES string of the molecule is C[C@H](CNC(=O)c1cccc(Nc2cnn(C)c2)c1)Oc1ccccc1. The lowest BCUT2D eigenvalue weighted by Crippen LogP contribution is -2.33. The van der Waals surface area contributed by atoms with Gasteiger partial charge >= 0.3 is 0 Å². The normalized spacial score (nSPS) is 11.6. The number of nitrogens with one attached hydrogen (secondary N) is 2. The topological polar surface area (TPSA) is 68.2 Å². The third kappa shape index (κ3) is 4.86. The van der Waals surface area contributed by atoms with Crippen LogP contribution in [0, 0.1) is 0 Å². The largest absolute Gasteiger partial charge is 0.489 e. The highest BCUT2D eigenvalue weighted by molar-refractivity contribution is 5.95. The average molecular weight is 350 g/mol. The van der Waals surface area contributed by atoms with Crippen LogP contribution in [0.5, 0.6) is 5.75 Å². The maximum absolute atomic E-state index is 12.4. The molecule has 2 aromatic carbocycles. The first-order valence-electron chi connectivity index (χ1n) is 8.46. The molecule has 26 heavy (non-hydrogen) atoms. The molecule has 3 aromatic rings. The molecule has 0 aliphatic carbocycles. The number of anilines is 2. The summed E-state index contributed by atoms with van der Waals surface area (Å²) in [6, 6.07) is 16.9. The zero-order valence-electron chi connectivity index (χ0n) is 14.8. The summed E-state index contributed by atoms with van der Waals surface area (Å²) < 4.78 is 7.48. The van der Waals surface area contributed by atoms with Crippen LogP contribution < -0.4 is 15.4 Å². The molecule has 0 radical (unpaired) electrons. The van der Waals surface area contributed by atoms with E-state index in [1.54, 1.807) is 16.9 Å². The molecule has 1 atom stereocenters. The molecular formula is C20H22N4O2. The number of ether oxygens (including phenoxy) is 1. The molecule has 0 fully saturated rings. The van der Waals surface area contributed by atoms with E-state index in [4.69, 9.17) is 4.74 Å². The standard InChI is InChI=1S/C20H22N4O2/c1-15(26-19-9-4-3-5-10-19)12-21-20(25)16-7-6-8-17(11-16)23-18-13-22-24(2)14-18/h3-11,13-15,23H,12H2,1-2H3,(H,21,25)/t15-/m1/s1. The zero-order chi connectivity index (χ0) is 18.4. The smallest absolute Gasteiger partial charge is 0.251 e. The van der Waals surface area contributed by atoms with Gasteiger partial charge in [0.15, 0.2) is 0 Å². The number of para-hydroxylation sites is 1. The highest BCUT2D eigenvalue weighted by atomic mass is 16.5. The van der Waals surface area contributed by atoms with Crippen LogP contribution in [0.2, 0.25) is 0 Å². The van der Waals surface area contributed by atoms with Gasteiger partial charge in [-0.05, 0) is 37.3 Å². The van der Waals surface area contributed by atoms with Gasteiger partial charge in [0.1, 0.15) is 11.9 Å². The van der Waals surface area contributed by atoms with Crippen LogP contribution in [0.15, 0.2) is 67.0 Å². The first-order chi connectivity index (χ1) is 12.6. The summed E-state index contributed by atoms with van der Waals surface area (Å²) in [7, 11) is 1.85. The van der Waals surface area contributed by atoms with Gasteiger partial charge < -0.3 is 15.4 Å². The minimum Gasteiger partial charge on any atom is -0.489 e. The Balaban J connectivity index is 1.55. The third-order valence-electron chi connectivity index (χ3n) is 3.75. The maximum atomic E-state index is 12.4. The summed E-state index contributed by atoms with van der Waals surface area (Å²) >= 11 is 0. The van der Waals surface area contributed by atoms with Crippen LogP contribution in [-0.4, -0.2) is 28.3 Å². The average Bonchev–Trinajstić information content (AvgIpc) is 3.05. The number of carbonyl (C=O) groups excluding carboxylic acids is 1. The lowest BCUT2D eigenvalue weighted by molar-refractivity contribution is 0.0932. The Morgan fingerprint density at radius 3 is 2.69 bits per heavy atom. The van der Waals surface area contributed by atoms with Crippen molar-refractivity contribution in [2.75, 3.05) is 11.9 Å². The summed E-state index contributed by atoms with van der Waals surface area (Å²) in [6.45, 7) is 2.35. The first kappa shape index (κ1) is 17.5. The van der Waals surface area contributed by atoms with Crippen molar-refractivity contribution in [3.63, 3.8) is 0 Å². The molecule has 3 rings (SSSR count). The van der Waals surface area contributed by atoms with Crippen LogP contribution in [-0.2, 0) is 7.05 Å². The summed E-state index contributed by atoms with van der Waals surface area (Å²) in [4.78, 5) is 12.4. The summed E-state index contributed by atoms with van der Waals surface area (Å²) in [6.07, 6.45) is 3.48. The minimum atomic E-state index is -0.136. The molecule has 0 spiro atoms. The molecule has 1 amide bonds. The number of rotatable bonds is 7. The maximum Gasteiger partial charge on any atom is 0.251 e. The number of aromatic nitrogens is 2. The van der Waals surface area contributed by atoms with E-state index in [0.29, 0.717) is 12.1 Å². The Labute approximate surface area is 152 Å². The zero-order valence-corrected chi connectivity index (χ0v) is 14.8. The number of nitrogens with zero attached hydrogens (tertiary/aromatic N) is 2. The summed E-state index contributed by atoms with van der Waals surface area (Å²) in [5.41, 5.74) is 2.29. The number of hydrogen-bond donors (Lipinski definition) is 2. The molecule has 0 aliphatic heterocycles. The van der Waals surface area contributed by atoms with Gasteiger partial charge in [-0.1, -0.05) is 24.3 Å². The van der Waals surface area contributed by atoms with E-state index in [1.165, 1.54) is 0 Å². The van der Waals surface area contributed by atoms with Gasteiger partial charge in [0.2, 0.25) is 0 Å². The van der Waals surface area contributed by atoms with Gasteiger partial charge in [0.05, 0.1) is 18.4 Å². The molecule has 0 bridgehead atoms. The van der Waals surface area contributed by atoms with Gasteiger partial charge in [-0.2, -0.15) is 5.10 Å². The van der Waals surface area contributed by atoms with Gasteiger partial charge in [0.25, 0.3) is 5.91 Å².